The van der Waals surface area contributed by atoms with Crippen LogP contribution in [0.15, 0.2) is 51.8 Å². The molecule has 0 amide bonds. The minimum absolute atomic E-state index is 0.101. The fraction of sp³-hybridized carbons (Fsp3) is 0.292. The molecule has 4 N–H and O–H groups in total. The minimum Gasteiger partial charge on any atom is -0.408 e. The summed E-state index contributed by atoms with van der Waals surface area (Å²) >= 11 is 0. The summed E-state index contributed by atoms with van der Waals surface area (Å²) in [6.07, 6.45) is -2.94. The summed E-state index contributed by atoms with van der Waals surface area (Å²) in [7, 11) is 0. The highest BCUT2D eigenvalue weighted by Crippen LogP contribution is 2.34. The summed E-state index contributed by atoms with van der Waals surface area (Å²) < 4.78 is 45.7. The van der Waals surface area contributed by atoms with Crippen LogP contribution in [0.1, 0.15) is 43.5 Å². The zero-order valence-electron chi connectivity index (χ0n) is 19.5. The lowest BCUT2D eigenvalue weighted by Gasteiger charge is -2.20. The average Bonchev–Trinajstić information content (AvgIpc) is 3.14. The van der Waals surface area contributed by atoms with E-state index in [4.69, 9.17) is 4.42 Å². The van der Waals surface area contributed by atoms with Crippen LogP contribution in [-0.2, 0) is 6.18 Å². The number of nitrogens with zero attached hydrogens (tertiary/aromatic N) is 2. The normalized spacial score (nSPS) is 12.8. The third-order valence-corrected chi connectivity index (χ3v) is 5.28. The van der Waals surface area contributed by atoms with E-state index in [1.54, 1.807) is 37.4 Å². The van der Waals surface area contributed by atoms with E-state index in [9.17, 15) is 18.0 Å². The fourth-order valence-corrected chi connectivity index (χ4v) is 3.66. The molecular weight excluding hydrogens is 461 g/mol. The van der Waals surface area contributed by atoms with Gasteiger partial charge in [0, 0.05) is 35.2 Å². The second-order valence-corrected chi connectivity index (χ2v) is 8.59. The largest absolute Gasteiger partial charge is 0.417 e. The Morgan fingerprint density at radius 1 is 1.03 bits per heavy atom. The predicted octanol–water partition coefficient (Wildman–Crippen LogP) is 5.78. The Labute approximate surface area is 199 Å². The zero-order valence-corrected chi connectivity index (χ0v) is 19.5. The first-order chi connectivity index (χ1) is 16.5. The van der Waals surface area contributed by atoms with E-state index in [-0.39, 0.29) is 23.7 Å². The van der Waals surface area contributed by atoms with Crippen molar-refractivity contribution in [1.82, 2.24) is 20.3 Å². The van der Waals surface area contributed by atoms with Gasteiger partial charge in [-0.05, 0) is 55.8 Å². The van der Waals surface area contributed by atoms with Gasteiger partial charge in [-0.2, -0.15) is 18.2 Å². The van der Waals surface area contributed by atoms with E-state index < -0.39 is 17.5 Å². The van der Waals surface area contributed by atoms with Gasteiger partial charge in [0.15, 0.2) is 5.58 Å². The molecule has 4 aromatic rings. The van der Waals surface area contributed by atoms with Crippen LogP contribution in [0.3, 0.4) is 0 Å². The van der Waals surface area contributed by atoms with Crippen molar-refractivity contribution in [2.24, 2.45) is 0 Å². The SMILES string of the molecule is Cc1cnc(Nc2cc(C(C)NC(C)C)cc(C(F)(F)F)c2)nc1Nc1ccc2oc(=O)[nH]c2c1. The fourth-order valence-electron chi connectivity index (χ4n) is 3.66. The summed E-state index contributed by atoms with van der Waals surface area (Å²) in [5, 5.41) is 9.26. The Morgan fingerprint density at radius 3 is 2.51 bits per heavy atom. The lowest BCUT2D eigenvalue weighted by Crippen LogP contribution is -2.26. The number of nitrogens with one attached hydrogen (secondary N) is 4. The van der Waals surface area contributed by atoms with Crippen LogP contribution in [0.4, 0.5) is 36.3 Å². The topological polar surface area (TPSA) is 108 Å². The monoisotopic (exact) mass is 486 g/mol. The first-order valence-electron chi connectivity index (χ1n) is 11.0. The maximum Gasteiger partial charge on any atom is 0.417 e. The van der Waals surface area contributed by atoms with Gasteiger partial charge in [-0.25, -0.2) is 9.78 Å². The van der Waals surface area contributed by atoms with Crippen molar-refractivity contribution in [3.8, 4) is 0 Å². The third kappa shape index (κ3) is 5.80. The number of hydrogen-bond donors (Lipinski definition) is 4. The first kappa shape index (κ1) is 24.3. The number of aryl methyl sites for hydroxylation is 1. The van der Waals surface area contributed by atoms with E-state index in [1.807, 2.05) is 20.8 Å². The number of aromatic nitrogens is 3. The quantitative estimate of drug-likeness (QED) is 0.262. The molecule has 0 spiro atoms. The Bertz CT molecular complexity index is 1410. The van der Waals surface area contributed by atoms with Gasteiger partial charge >= 0.3 is 11.9 Å². The molecule has 4 rings (SSSR count). The molecule has 35 heavy (non-hydrogen) atoms. The van der Waals surface area contributed by atoms with Crippen LogP contribution >= 0.6 is 0 Å². The second kappa shape index (κ2) is 9.41. The Hall–Kier alpha value is -3.86. The summed E-state index contributed by atoms with van der Waals surface area (Å²) in [5.74, 6) is 0.0283. The zero-order chi connectivity index (χ0) is 25.3. The van der Waals surface area contributed by atoms with Gasteiger partial charge in [-0.3, -0.25) is 4.98 Å². The Morgan fingerprint density at radius 2 is 1.80 bits per heavy atom. The molecule has 0 aliphatic carbocycles. The van der Waals surface area contributed by atoms with E-state index in [2.05, 4.69) is 30.9 Å². The van der Waals surface area contributed by atoms with Crippen molar-refractivity contribution < 1.29 is 17.6 Å². The Kier molecular flexibility index (Phi) is 6.53. The van der Waals surface area contributed by atoms with Crippen molar-refractivity contribution in [2.75, 3.05) is 10.6 Å². The van der Waals surface area contributed by atoms with Crippen LogP contribution in [0.2, 0.25) is 0 Å². The molecule has 2 heterocycles. The summed E-state index contributed by atoms with van der Waals surface area (Å²) in [4.78, 5) is 22.6. The third-order valence-electron chi connectivity index (χ3n) is 5.28. The van der Waals surface area contributed by atoms with E-state index in [1.165, 1.54) is 0 Å². The number of fused-ring (bicyclic) bond motifs is 1. The number of halogens is 3. The molecule has 0 aliphatic heterocycles. The molecule has 0 radical (unpaired) electrons. The number of oxazole rings is 1. The van der Waals surface area contributed by atoms with Gasteiger partial charge in [0.05, 0.1) is 11.1 Å². The predicted molar refractivity (Wildman–Crippen MR) is 128 cm³/mol. The van der Waals surface area contributed by atoms with Gasteiger partial charge in [0.25, 0.3) is 0 Å². The number of H-pyrrole nitrogens is 1. The molecule has 8 nitrogen and oxygen atoms in total. The number of alkyl halides is 3. The number of anilines is 4. The molecule has 184 valence electrons. The lowest BCUT2D eigenvalue weighted by molar-refractivity contribution is -0.137. The van der Waals surface area contributed by atoms with E-state index >= 15 is 0 Å². The lowest BCUT2D eigenvalue weighted by atomic mass is 10.0. The second-order valence-electron chi connectivity index (χ2n) is 8.59. The molecule has 0 aliphatic rings. The maximum absolute atomic E-state index is 13.6. The van der Waals surface area contributed by atoms with Gasteiger partial charge < -0.3 is 20.4 Å². The molecule has 0 saturated carbocycles. The summed E-state index contributed by atoms with van der Waals surface area (Å²) in [6.45, 7) is 7.47. The number of benzene rings is 2. The highest BCUT2D eigenvalue weighted by Gasteiger charge is 2.31. The van der Waals surface area contributed by atoms with Gasteiger partial charge in [-0.1, -0.05) is 13.8 Å². The highest BCUT2D eigenvalue weighted by molar-refractivity contribution is 5.78. The Balaban J connectivity index is 1.63. The van der Waals surface area contributed by atoms with E-state index in [0.717, 1.165) is 17.7 Å². The van der Waals surface area contributed by atoms with Crippen molar-refractivity contribution in [2.45, 2.75) is 46.0 Å². The molecule has 11 heteroatoms. The number of hydrogen-bond acceptors (Lipinski definition) is 7. The van der Waals surface area contributed by atoms with Crippen LogP contribution in [-0.4, -0.2) is 21.0 Å². The van der Waals surface area contributed by atoms with Crippen LogP contribution in [0.25, 0.3) is 11.1 Å². The summed E-state index contributed by atoms with van der Waals surface area (Å²) in [5.41, 5.74) is 2.24. The summed E-state index contributed by atoms with van der Waals surface area (Å²) in [6, 6.07) is 8.68. The molecule has 1 unspecified atom stereocenters. The van der Waals surface area contributed by atoms with Gasteiger partial charge in [0.1, 0.15) is 5.82 Å². The van der Waals surface area contributed by atoms with Crippen molar-refractivity contribution in [3.05, 3.63) is 69.8 Å². The minimum atomic E-state index is -4.50. The van der Waals surface area contributed by atoms with Crippen LogP contribution in [0, 0.1) is 6.92 Å². The molecule has 2 aromatic heterocycles. The van der Waals surface area contributed by atoms with Crippen LogP contribution < -0.4 is 21.7 Å². The highest BCUT2D eigenvalue weighted by atomic mass is 19.4. The van der Waals surface area contributed by atoms with Crippen molar-refractivity contribution in [1.29, 1.82) is 0 Å². The van der Waals surface area contributed by atoms with Crippen molar-refractivity contribution >= 4 is 34.2 Å². The van der Waals surface area contributed by atoms with Crippen molar-refractivity contribution in [3.63, 3.8) is 0 Å². The average molecular weight is 486 g/mol. The maximum atomic E-state index is 13.6. The van der Waals surface area contributed by atoms with Crippen LogP contribution in [0.5, 0.6) is 0 Å². The van der Waals surface area contributed by atoms with Gasteiger partial charge in [-0.15, -0.1) is 0 Å². The smallest absolute Gasteiger partial charge is 0.408 e. The standard InChI is InChI=1S/C24H25F3N6O2/c1-12(2)29-14(4)15-7-16(24(25,26)27)9-18(8-15)31-22-28-11-13(3)21(33-22)30-17-5-6-20-19(10-17)32-23(34)35-20/h5-12,14,29H,1-4H3,(H,32,34)(H2,28,30,31,33). The number of aromatic amines is 1. The number of rotatable bonds is 7. The first-order valence-corrected chi connectivity index (χ1v) is 11.0. The molecule has 0 saturated heterocycles. The van der Waals surface area contributed by atoms with Gasteiger partial charge in [0.2, 0.25) is 5.95 Å². The van der Waals surface area contributed by atoms with E-state index in [0.29, 0.717) is 28.2 Å². The molecule has 1 atom stereocenters. The molecule has 0 fully saturated rings. The molecule has 0 bridgehead atoms. The molecular formula is C24H25F3N6O2. The molecule has 2 aromatic carbocycles.